The topological polar surface area (TPSA) is 61.7 Å². The van der Waals surface area contributed by atoms with Gasteiger partial charge in [-0.3, -0.25) is 0 Å². The molecule has 0 fully saturated rings. The Bertz CT molecular complexity index is 1000. The Hall–Kier alpha value is -2.84. The van der Waals surface area contributed by atoms with Crippen molar-refractivity contribution in [1.29, 1.82) is 5.26 Å². The summed E-state index contributed by atoms with van der Waals surface area (Å²) in [5.74, 6) is 0.603. The van der Waals surface area contributed by atoms with Crippen LogP contribution in [0.25, 0.3) is 22.7 Å². The number of hydrogen-bond donors (Lipinski definition) is 1. The van der Waals surface area contributed by atoms with Gasteiger partial charge < -0.3 is 9.72 Å². The summed E-state index contributed by atoms with van der Waals surface area (Å²) in [4.78, 5) is 7.29. The molecule has 0 spiro atoms. The maximum absolute atomic E-state index is 13.3. The maximum atomic E-state index is 13.3. The summed E-state index contributed by atoms with van der Waals surface area (Å²) in [5, 5.41) is 9.92. The molecule has 0 aliphatic rings. The van der Waals surface area contributed by atoms with E-state index in [9.17, 15) is 9.65 Å². The summed E-state index contributed by atoms with van der Waals surface area (Å²) in [7, 11) is 0. The maximum Gasteiger partial charge on any atom is 0.149 e. The van der Waals surface area contributed by atoms with E-state index in [1.165, 1.54) is 12.1 Å². The molecular weight excluding hydrogens is 341 g/mol. The number of halogens is 2. The minimum atomic E-state index is -0.363. The number of nitrogens with zero attached hydrogens (tertiary/aromatic N) is 2. The van der Waals surface area contributed by atoms with Crippen molar-refractivity contribution < 1.29 is 9.13 Å². The van der Waals surface area contributed by atoms with Crippen molar-refractivity contribution in [3.8, 4) is 11.8 Å². The largest absolute Gasteiger partial charge is 0.489 e. The van der Waals surface area contributed by atoms with Crippen LogP contribution in [0.15, 0.2) is 36.4 Å². The van der Waals surface area contributed by atoms with E-state index in [0.29, 0.717) is 33.2 Å². The second-order valence-electron chi connectivity index (χ2n) is 5.77. The number of imidazole rings is 1. The third kappa shape index (κ3) is 3.81. The van der Waals surface area contributed by atoms with E-state index >= 15 is 0 Å². The highest BCUT2D eigenvalue weighted by molar-refractivity contribution is 6.32. The van der Waals surface area contributed by atoms with Crippen molar-refractivity contribution in [2.24, 2.45) is 0 Å². The van der Waals surface area contributed by atoms with Crippen LogP contribution in [-0.2, 0) is 0 Å². The van der Waals surface area contributed by atoms with Crippen LogP contribution >= 0.6 is 11.6 Å². The number of H-pyrrole nitrogens is 1. The first kappa shape index (κ1) is 17.0. The first-order valence-electron chi connectivity index (χ1n) is 7.70. The molecule has 0 unspecified atom stereocenters. The number of nitrogens with one attached hydrogen (secondary N) is 1. The first-order chi connectivity index (χ1) is 12.0. The van der Waals surface area contributed by atoms with Crippen LogP contribution < -0.4 is 4.74 Å². The van der Waals surface area contributed by atoms with Crippen molar-refractivity contribution in [2.45, 2.75) is 20.0 Å². The van der Waals surface area contributed by atoms with Gasteiger partial charge in [0.05, 0.1) is 27.7 Å². The Morgan fingerprint density at radius 3 is 2.80 bits per heavy atom. The predicted octanol–water partition coefficient (Wildman–Crippen LogP) is 5.21. The van der Waals surface area contributed by atoms with Crippen LogP contribution in [0, 0.1) is 17.1 Å². The fraction of sp³-hybridized carbons (Fsp3) is 0.158. The van der Waals surface area contributed by atoms with Crippen molar-refractivity contribution >= 4 is 34.3 Å². The third-order valence-electron chi connectivity index (χ3n) is 3.45. The molecule has 0 aliphatic carbocycles. The van der Waals surface area contributed by atoms with Gasteiger partial charge in [0.25, 0.3) is 0 Å². The molecule has 0 aliphatic heterocycles. The molecule has 1 heterocycles. The number of hydrogen-bond acceptors (Lipinski definition) is 3. The van der Waals surface area contributed by atoms with E-state index in [1.54, 1.807) is 24.3 Å². The second-order valence-corrected chi connectivity index (χ2v) is 6.18. The van der Waals surface area contributed by atoms with Crippen LogP contribution in [0.5, 0.6) is 5.75 Å². The predicted molar refractivity (Wildman–Crippen MR) is 96.8 cm³/mol. The zero-order chi connectivity index (χ0) is 18.0. The number of rotatable bonds is 4. The van der Waals surface area contributed by atoms with Gasteiger partial charge in [0, 0.05) is 0 Å². The van der Waals surface area contributed by atoms with E-state index in [-0.39, 0.29) is 11.9 Å². The summed E-state index contributed by atoms with van der Waals surface area (Å²) in [6.45, 7) is 3.84. The molecule has 0 bridgehead atoms. The Morgan fingerprint density at radius 2 is 2.12 bits per heavy atom. The van der Waals surface area contributed by atoms with Gasteiger partial charge in [-0.25, -0.2) is 9.37 Å². The molecule has 2 aromatic carbocycles. The molecule has 0 atom stereocenters. The molecule has 25 heavy (non-hydrogen) atoms. The molecule has 4 nitrogen and oxygen atoms in total. The Labute approximate surface area is 149 Å². The average Bonchev–Trinajstić information content (AvgIpc) is 2.97. The first-order valence-corrected chi connectivity index (χ1v) is 8.07. The van der Waals surface area contributed by atoms with Gasteiger partial charge in [0.2, 0.25) is 0 Å². The lowest BCUT2D eigenvalue weighted by atomic mass is 10.1. The van der Waals surface area contributed by atoms with Gasteiger partial charge in [0.15, 0.2) is 0 Å². The van der Waals surface area contributed by atoms with Crippen molar-refractivity contribution in [1.82, 2.24) is 9.97 Å². The quantitative estimate of drug-likeness (QED) is 0.654. The fourth-order valence-electron chi connectivity index (χ4n) is 2.39. The Balaban J connectivity index is 1.97. The molecule has 3 aromatic rings. The number of nitriles is 1. The average molecular weight is 356 g/mol. The molecule has 126 valence electrons. The molecular formula is C19H15ClFN3O. The zero-order valence-electron chi connectivity index (χ0n) is 13.7. The van der Waals surface area contributed by atoms with Crippen molar-refractivity contribution in [3.05, 3.63) is 58.6 Å². The van der Waals surface area contributed by atoms with E-state index in [2.05, 4.69) is 16.0 Å². The lowest BCUT2D eigenvalue weighted by molar-refractivity contribution is 0.242. The van der Waals surface area contributed by atoms with Gasteiger partial charge in [-0.1, -0.05) is 17.7 Å². The zero-order valence-corrected chi connectivity index (χ0v) is 14.4. The lowest BCUT2D eigenvalue weighted by Crippen LogP contribution is -2.05. The number of benzene rings is 2. The molecule has 0 saturated carbocycles. The van der Waals surface area contributed by atoms with Crippen LogP contribution in [-0.4, -0.2) is 16.1 Å². The van der Waals surface area contributed by atoms with E-state index in [0.717, 1.165) is 5.56 Å². The SMILES string of the molecule is CC(C)Oc1ccc(/C=C(/C#N)c2nc3ccc(F)cc3[nH]2)cc1Cl. The molecule has 6 heteroatoms. The highest BCUT2D eigenvalue weighted by atomic mass is 35.5. The smallest absolute Gasteiger partial charge is 0.149 e. The number of aromatic amines is 1. The van der Waals surface area contributed by atoms with Crippen molar-refractivity contribution in [3.63, 3.8) is 0 Å². The van der Waals surface area contributed by atoms with Gasteiger partial charge in [0.1, 0.15) is 23.5 Å². The molecule has 0 radical (unpaired) electrons. The number of fused-ring (bicyclic) bond motifs is 1. The number of ether oxygens (including phenoxy) is 1. The highest BCUT2D eigenvalue weighted by Gasteiger charge is 2.10. The minimum Gasteiger partial charge on any atom is -0.489 e. The van der Waals surface area contributed by atoms with Crippen LogP contribution in [0.4, 0.5) is 4.39 Å². The van der Waals surface area contributed by atoms with Gasteiger partial charge in [-0.15, -0.1) is 0 Å². The second kappa shape index (κ2) is 6.96. The van der Waals surface area contributed by atoms with Crippen LogP contribution in [0.3, 0.4) is 0 Å². The monoisotopic (exact) mass is 355 g/mol. The van der Waals surface area contributed by atoms with Gasteiger partial charge in [-0.2, -0.15) is 5.26 Å². The summed E-state index contributed by atoms with van der Waals surface area (Å²) < 4.78 is 18.9. The molecule has 1 aromatic heterocycles. The Kier molecular flexibility index (Phi) is 4.73. The molecule has 0 amide bonds. The van der Waals surface area contributed by atoms with Gasteiger partial charge >= 0.3 is 0 Å². The minimum absolute atomic E-state index is 0.0181. The summed E-state index contributed by atoms with van der Waals surface area (Å²) in [5.41, 5.74) is 2.20. The summed E-state index contributed by atoms with van der Waals surface area (Å²) >= 11 is 6.23. The van der Waals surface area contributed by atoms with Gasteiger partial charge in [-0.05, 0) is 55.8 Å². The van der Waals surface area contributed by atoms with Crippen LogP contribution in [0.1, 0.15) is 25.2 Å². The molecule has 0 saturated heterocycles. The lowest BCUT2D eigenvalue weighted by Gasteiger charge is -2.11. The van der Waals surface area contributed by atoms with E-state index in [1.807, 2.05) is 19.9 Å². The van der Waals surface area contributed by atoms with Crippen LogP contribution in [0.2, 0.25) is 5.02 Å². The fourth-order valence-corrected chi connectivity index (χ4v) is 2.62. The Morgan fingerprint density at radius 1 is 1.32 bits per heavy atom. The molecule has 3 rings (SSSR count). The number of aromatic nitrogens is 2. The standard InChI is InChI=1S/C19H15ClFN3O/c1-11(2)25-18-6-3-12(8-15(18)20)7-13(10-22)19-23-16-5-4-14(21)9-17(16)24-19/h3-9,11H,1-2H3,(H,23,24)/b13-7-. The summed E-state index contributed by atoms with van der Waals surface area (Å²) in [6, 6.07) is 11.6. The van der Waals surface area contributed by atoms with Crippen molar-refractivity contribution in [2.75, 3.05) is 0 Å². The van der Waals surface area contributed by atoms with E-state index in [4.69, 9.17) is 16.3 Å². The summed E-state index contributed by atoms with van der Waals surface area (Å²) in [6.07, 6.45) is 1.68. The molecule has 1 N–H and O–H groups in total. The van der Waals surface area contributed by atoms with E-state index < -0.39 is 0 Å². The third-order valence-corrected chi connectivity index (χ3v) is 3.74. The normalized spacial score (nSPS) is 11.8. The highest BCUT2D eigenvalue weighted by Crippen LogP contribution is 2.28. The number of allylic oxidation sites excluding steroid dienone is 1.